The molecule has 1 aliphatic heterocycles. The summed E-state index contributed by atoms with van der Waals surface area (Å²) in [6.45, 7) is 7.97. The summed E-state index contributed by atoms with van der Waals surface area (Å²) in [5, 5.41) is 9.61. The lowest BCUT2D eigenvalue weighted by Crippen LogP contribution is -2.39. The van der Waals surface area contributed by atoms with E-state index in [9.17, 15) is 4.79 Å². The molecular formula is C24H36N4O2. The zero-order chi connectivity index (χ0) is 21.2. The maximum Gasteiger partial charge on any atom is 0.239 e. The van der Waals surface area contributed by atoms with Crippen LogP contribution in [0.25, 0.3) is 6.08 Å². The van der Waals surface area contributed by atoms with Crippen molar-refractivity contribution in [1.29, 1.82) is 0 Å². The summed E-state index contributed by atoms with van der Waals surface area (Å²) in [5.41, 5.74) is 2.88. The van der Waals surface area contributed by atoms with Crippen LogP contribution in [0.4, 0.5) is 5.82 Å². The third-order valence-electron chi connectivity index (χ3n) is 5.79. The van der Waals surface area contributed by atoms with Gasteiger partial charge in [0.2, 0.25) is 5.91 Å². The first-order valence-corrected chi connectivity index (χ1v) is 11.3. The van der Waals surface area contributed by atoms with E-state index in [1.807, 2.05) is 25.3 Å². The minimum absolute atomic E-state index is 0.0383. The van der Waals surface area contributed by atoms with Crippen molar-refractivity contribution in [2.45, 2.75) is 70.4 Å². The number of carbonyl (C=O) groups excluding carboxylic acids is 1. The predicted octanol–water partition coefficient (Wildman–Crippen LogP) is 3.94. The Morgan fingerprint density at radius 1 is 1.23 bits per heavy atom. The number of hydrogen-bond donors (Lipinski definition) is 3. The molecule has 1 aromatic heterocycles. The molecule has 2 aliphatic rings. The number of hydrogen-bond acceptors (Lipinski definition) is 5. The van der Waals surface area contributed by atoms with E-state index in [0.717, 1.165) is 55.1 Å². The highest BCUT2D eigenvalue weighted by atomic mass is 16.5. The Kier molecular flexibility index (Phi) is 8.75. The lowest BCUT2D eigenvalue weighted by molar-refractivity contribution is -0.120. The molecule has 164 valence electrons. The van der Waals surface area contributed by atoms with E-state index in [-0.39, 0.29) is 18.6 Å². The lowest BCUT2D eigenvalue weighted by Gasteiger charge is -2.23. The van der Waals surface area contributed by atoms with Gasteiger partial charge in [0, 0.05) is 31.1 Å². The van der Waals surface area contributed by atoms with Gasteiger partial charge < -0.3 is 20.7 Å². The van der Waals surface area contributed by atoms with Gasteiger partial charge in [0.15, 0.2) is 0 Å². The molecule has 1 amide bonds. The normalized spacial score (nSPS) is 20.1. The highest BCUT2D eigenvalue weighted by molar-refractivity contribution is 5.81. The van der Waals surface area contributed by atoms with Crippen molar-refractivity contribution < 1.29 is 9.53 Å². The average Bonchev–Trinajstić information content (AvgIpc) is 2.77. The molecule has 1 saturated carbocycles. The first-order chi connectivity index (χ1) is 14.6. The van der Waals surface area contributed by atoms with Crippen LogP contribution in [0.2, 0.25) is 0 Å². The molecule has 0 aromatic carbocycles. The Morgan fingerprint density at radius 3 is 2.77 bits per heavy atom. The van der Waals surface area contributed by atoms with Gasteiger partial charge in [-0.2, -0.15) is 0 Å². The highest BCUT2D eigenvalue weighted by Crippen LogP contribution is 2.18. The zero-order valence-corrected chi connectivity index (χ0v) is 18.2. The van der Waals surface area contributed by atoms with Crippen LogP contribution in [0, 0.1) is 6.92 Å². The largest absolute Gasteiger partial charge is 0.383 e. The van der Waals surface area contributed by atoms with Crippen LogP contribution in [0.1, 0.15) is 62.5 Å². The van der Waals surface area contributed by atoms with E-state index in [1.54, 1.807) is 0 Å². The van der Waals surface area contributed by atoms with Gasteiger partial charge in [0.25, 0.3) is 0 Å². The number of amides is 1. The summed E-state index contributed by atoms with van der Waals surface area (Å²) in [6.07, 6.45) is 15.5. The van der Waals surface area contributed by atoms with Gasteiger partial charge >= 0.3 is 0 Å². The number of nitrogens with zero attached hydrogens (tertiary/aromatic N) is 1. The van der Waals surface area contributed by atoms with Gasteiger partial charge in [-0.1, -0.05) is 31.9 Å². The van der Waals surface area contributed by atoms with E-state index in [0.29, 0.717) is 6.04 Å². The average molecular weight is 413 g/mol. The second-order valence-electron chi connectivity index (χ2n) is 8.42. The van der Waals surface area contributed by atoms with E-state index in [4.69, 9.17) is 4.74 Å². The molecule has 6 nitrogen and oxygen atoms in total. The van der Waals surface area contributed by atoms with Crippen LogP contribution in [0.3, 0.4) is 0 Å². The van der Waals surface area contributed by atoms with Gasteiger partial charge in [-0.15, -0.1) is 0 Å². The van der Waals surface area contributed by atoms with E-state index < -0.39 is 0 Å². The van der Waals surface area contributed by atoms with Crippen LogP contribution in [-0.2, 0) is 9.53 Å². The van der Waals surface area contributed by atoms with Crippen LogP contribution < -0.4 is 16.0 Å². The first kappa shape index (κ1) is 22.3. The van der Waals surface area contributed by atoms with Crippen LogP contribution in [0.15, 0.2) is 30.6 Å². The van der Waals surface area contributed by atoms with Crippen molar-refractivity contribution in [2.75, 3.05) is 25.0 Å². The van der Waals surface area contributed by atoms with Gasteiger partial charge in [0.05, 0.1) is 12.6 Å². The Morgan fingerprint density at radius 2 is 2.03 bits per heavy atom. The molecule has 0 radical (unpaired) electrons. The molecule has 0 bridgehead atoms. The van der Waals surface area contributed by atoms with Crippen molar-refractivity contribution in [3.63, 3.8) is 0 Å². The molecule has 2 heterocycles. The Labute approximate surface area is 180 Å². The summed E-state index contributed by atoms with van der Waals surface area (Å²) in [4.78, 5) is 16.7. The second kappa shape index (κ2) is 11.7. The van der Waals surface area contributed by atoms with Gasteiger partial charge in [0.1, 0.15) is 5.82 Å². The number of nitrogens with one attached hydrogen (secondary N) is 3. The molecule has 1 saturated heterocycles. The summed E-state index contributed by atoms with van der Waals surface area (Å²) >= 11 is 0. The fourth-order valence-corrected chi connectivity index (χ4v) is 4.03. The third-order valence-corrected chi connectivity index (χ3v) is 5.79. The van der Waals surface area contributed by atoms with Gasteiger partial charge in [-0.25, -0.2) is 4.98 Å². The molecule has 1 aliphatic carbocycles. The van der Waals surface area contributed by atoms with Crippen molar-refractivity contribution in [3.05, 3.63) is 41.7 Å². The number of aryl methyl sites for hydroxylation is 1. The van der Waals surface area contributed by atoms with Crippen LogP contribution in [0.5, 0.6) is 0 Å². The Hall–Kier alpha value is -2.34. The number of anilines is 1. The molecule has 1 aromatic rings. The minimum Gasteiger partial charge on any atom is -0.383 e. The lowest BCUT2D eigenvalue weighted by atomic mass is 9.95. The summed E-state index contributed by atoms with van der Waals surface area (Å²) in [7, 11) is 0. The van der Waals surface area contributed by atoms with E-state index in [1.165, 1.54) is 32.1 Å². The van der Waals surface area contributed by atoms with Crippen molar-refractivity contribution in [1.82, 2.24) is 15.6 Å². The monoisotopic (exact) mass is 412 g/mol. The molecule has 0 spiro atoms. The molecule has 2 fully saturated rings. The number of ether oxygens (including phenoxy) is 1. The fraction of sp³-hybridized carbons (Fsp3) is 0.583. The molecule has 30 heavy (non-hydrogen) atoms. The Bertz CT molecular complexity index is 735. The minimum atomic E-state index is 0.0383. The quantitative estimate of drug-likeness (QED) is 0.536. The zero-order valence-electron chi connectivity index (χ0n) is 18.2. The summed E-state index contributed by atoms with van der Waals surface area (Å²) in [5.74, 6) is 0.786. The maximum absolute atomic E-state index is 12.2. The molecule has 1 atom stereocenters. The molecule has 6 heteroatoms. The molecule has 3 rings (SSSR count). The number of carbonyl (C=O) groups is 1. The fourth-order valence-electron chi connectivity index (χ4n) is 4.03. The van der Waals surface area contributed by atoms with E-state index in [2.05, 4.69) is 33.6 Å². The standard InChI is InChI=1S/C24H36N4O2/c1-18-14-20(12-11-19(2)25-16-22-10-6-7-13-30-22)15-26-24(18)27-17-23(29)28-21-8-4-3-5-9-21/h11-12,14-15,21-22,25H,2-10,13,16-17H2,1H3,(H,26,27)(H,28,29)/b12-11+. The van der Waals surface area contributed by atoms with Crippen LogP contribution >= 0.6 is 0 Å². The number of allylic oxidation sites excluding steroid dienone is 1. The topological polar surface area (TPSA) is 75.3 Å². The maximum atomic E-state index is 12.2. The van der Waals surface area contributed by atoms with Gasteiger partial charge in [-0.05, 0) is 62.3 Å². The van der Waals surface area contributed by atoms with E-state index >= 15 is 0 Å². The van der Waals surface area contributed by atoms with Crippen molar-refractivity contribution in [3.8, 4) is 0 Å². The van der Waals surface area contributed by atoms with Crippen molar-refractivity contribution >= 4 is 17.8 Å². The molecule has 1 unspecified atom stereocenters. The summed E-state index contributed by atoms with van der Waals surface area (Å²) < 4.78 is 5.73. The molecule has 3 N–H and O–H groups in total. The third kappa shape index (κ3) is 7.48. The van der Waals surface area contributed by atoms with Gasteiger partial charge in [-0.3, -0.25) is 4.79 Å². The highest BCUT2D eigenvalue weighted by Gasteiger charge is 2.16. The molecular weight excluding hydrogens is 376 g/mol. The predicted molar refractivity (Wildman–Crippen MR) is 122 cm³/mol. The van der Waals surface area contributed by atoms with Crippen molar-refractivity contribution in [2.24, 2.45) is 0 Å². The van der Waals surface area contributed by atoms with Crippen LogP contribution in [-0.4, -0.2) is 42.7 Å². The Balaban J connectivity index is 1.41. The SMILES string of the molecule is C=C(/C=C/c1cnc(NCC(=O)NC2CCCCC2)c(C)c1)NCC1CCCCO1. The second-order valence-corrected chi connectivity index (χ2v) is 8.42. The first-order valence-electron chi connectivity index (χ1n) is 11.3. The smallest absolute Gasteiger partial charge is 0.239 e. The number of aromatic nitrogens is 1. The number of rotatable bonds is 9. The number of pyridine rings is 1. The summed E-state index contributed by atoms with van der Waals surface area (Å²) in [6, 6.07) is 2.39.